The number of hydrogen-bond donors (Lipinski definition) is 3. The van der Waals surface area contributed by atoms with Crippen LogP contribution in [0.2, 0.25) is 15.1 Å². The molecule has 0 bridgehead atoms. The van der Waals surface area contributed by atoms with Crippen molar-refractivity contribution in [2.24, 2.45) is 0 Å². The van der Waals surface area contributed by atoms with Gasteiger partial charge in [-0.05, 0) is 50.2 Å². The number of urea groups is 1. The molecule has 4 aromatic rings. The van der Waals surface area contributed by atoms with Gasteiger partial charge in [-0.2, -0.15) is 0 Å². The lowest BCUT2D eigenvalue weighted by Crippen LogP contribution is -2.20. The third-order valence-corrected chi connectivity index (χ3v) is 5.80. The van der Waals surface area contributed by atoms with Crippen molar-refractivity contribution in [1.29, 1.82) is 0 Å². The van der Waals surface area contributed by atoms with Crippen molar-refractivity contribution in [3.8, 4) is 0 Å². The quantitative estimate of drug-likeness (QED) is 0.264. The fourth-order valence-corrected chi connectivity index (χ4v) is 4.19. The largest absolute Gasteiger partial charge is 0.383 e. The van der Waals surface area contributed by atoms with Crippen LogP contribution in [0, 0.1) is 0 Å². The number of benzene rings is 2. The molecule has 174 valence electrons. The zero-order chi connectivity index (χ0) is 24.6. The highest BCUT2D eigenvalue weighted by atomic mass is 35.5. The second kappa shape index (κ2) is 9.50. The molecule has 0 aliphatic carbocycles. The van der Waals surface area contributed by atoms with Gasteiger partial charge in [-0.25, -0.2) is 14.8 Å². The Balaban J connectivity index is 1.65. The highest BCUT2D eigenvalue weighted by molar-refractivity contribution is 6.35. The lowest BCUT2D eigenvalue weighted by Gasteiger charge is -2.11. The first kappa shape index (κ1) is 23.8. The van der Waals surface area contributed by atoms with Gasteiger partial charge in [0.25, 0.3) is 0 Å². The van der Waals surface area contributed by atoms with Crippen molar-refractivity contribution in [2.45, 2.75) is 19.9 Å². The average Bonchev–Trinajstić information content (AvgIpc) is 3.15. The van der Waals surface area contributed by atoms with E-state index in [4.69, 9.17) is 40.5 Å². The fraction of sp³-hybridized carbons (Fsp3) is 0.130. The van der Waals surface area contributed by atoms with Crippen LogP contribution in [0.1, 0.15) is 35.8 Å². The molecule has 0 saturated carbocycles. The summed E-state index contributed by atoms with van der Waals surface area (Å²) < 4.78 is 1.86. The second-order valence-electron chi connectivity index (χ2n) is 7.76. The zero-order valence-corrected chi connectivity index (χ0v) is 20.3. The van der Waals surface area contributed by atoms with Gasteiger partial charge in [-0.15, -0.1) is 0 Å². The number of nitrogens with one attached hydrogen (secondary N) is 2. The maximum absolute atomic E-state index is 13.4. The van der Waals surface area contributed by atoms with Gasteiger partial charge in [0.05, 0.1) is 21.7 Å². The predicted octanol–water partition coefficient (Wildman–Crippen LogP) is 6.43. The minimum Gasteiger partial charge on any atom is -0.383 e. The van der Waals surface area contributed by atoms with E-state index in [0.29, 0.717) is 37.9 Å². The molecule has 0 radical (unpaired) electrons. The van der Waals surface area contributed by atoms with Gasteiger partial charge in [0.1, 0.15) is 17.8 Å². The molecule has 0 spiro atoms. The van der Waals surface area contributed by atoms with Crippen LogP contribution in [0.4, 0.5) is 22.0 Å². The fourth-order valence-electron chi connectivity index (χ4n) is 3.50. The van der Waals surface area contributed by atoms with Crippen molar-refractivity contribution in [2.75, 3.05) is 16.4 Å². The molecule has 8 nitrogen and oxygen atoms in total. The SMILES string of the molecule is CC(C)n1cc(C(=O)c2ccc(Cl)c(NC(=O)Nc3cc(Cl)cc(Cl)c3)c2)c2c(N)ncnc21. The van der Waals surface area contributed by atoms with Crippen LogP contribution >= 0.6 is 34.8 Å². The highest BCUT2D eigenvalue weighted by Crippen LogP contribution is 2.31. The summed E-state index contributed by atoms with van der Waals surface area (Å²) in [5.41, 5.74) is 7.95. The van der Waals surface area contributed by atoms with Gasteiger partial charge < -0.3 is 20.9 Å². The molecule has 2 heterocycles. The summed E-state index contributed by atoms with van der Waals surface area (Å²) in [6.07, 6.45) is 3.07. The van der Waals surface area contributed by atoms with E-state index in [1.165, 1.54) is 18.5 Å². The summed E-state index contributed by atoms with van der Waals surface area (Å²) in [4.78, 5) is 34.3. The van der Waals surface area contributed by atoms with Crippen LogP contribution in [-0.2, 0) is 0 Å². The minimum absolute atomic E-state index is 0.0458. The van der Waals surface area contributed by atoms with E-state index in [-0.39, 0.29) is 28.4 Å². The number of carbonyl (C=O) groups excluding carboxylic acids is 2. The Morgan fingerprint density at radius 2 is 1.71 bits per heavy atom. The second-order valence-corrected chi connectivity index (χ2v) is 9.04. The number of hydrogen-bond acceptors (Lipinski definition) is 5. The van der Waals surface area contributed by atoms with Crippen molar-refractivity contribution >= 4 is 74.8 Å². The van der Waals surface area contributed by atoms with Crippen molar-refractivity contribution in [3.05, 3.63) is 75.1 Å². The van der Waals surface area contributed by atoms with E-state index in [1.54, 1.807) is 30.5 Å². The first-order valence-electron chi connectivity index (χ1n) is 10.1. The zero-order valence-electron chi connectivity index (χ0n) is 18.1. The Kier molecular flexibility index (Phi) is 6.65. The van der Waals surface area contributed by atoms with Gasteiger partial charge in [0.2, 0.25) is 0 Å². The Bertz CT molecular complexity index is 1410. The maximum atomic E-state index is 13.4. The average molecular weight is 518 g/mol. The van der Waals surface area contributed by atoms with Crippen molar-refractivity contribution in [3.63, 3.8) is 0 Å². The lowest BCUT2D eigenvalue weighted by molar-refractivity contribution is 0.104. The third kappa shape index (κ3) is 4.79. The monoisotopic (exact) mass is 516 g/mol. The van der Waals surface area contributed by atoms with E-state index in [2.05, 4.69) is 20.6 Å². The summed E-state index contributed by atoms with van der Waals surface area (Å²) in [6.45, 7) is 3.95. The predicted molar refractivity (Wildman–Crippen MR) is 136 cm³/mol. The summed E-state index contributed by atoms with van der Waals surface area (Å²) in [6, 6.07) is 8.70. The number of amides is 2. The van der Waals surface area contributed by atoms with Gasteiger partial charge in [0.15, 0.2) is 5.78 Å². The van der Waals surface area contributed by atoms with Gasteiger partial charge >= 0.3 is 6.03 Å². The van der Waals surface area contributed by atoms with Crippen LogP contribution in [-0.4, -0.2) is 26.3 Å². The number of nitrogens with two attached hydrogens (primary N) is 1. The number of aromatic nitrogens is 3. The number of carbonyl (C=O) groups is 2. The molecular weight excluding hydrogens is 499 g/mol. The summed E-state index contributed by atoms with van der Waals surface area (Å²) in [5.74, 6) is -0.104. The first-order chi connectivity index (χ1) is 16.1. The van der Waals surface area contributed by atoms with Gasteiger partial charge in [-0.1, -0.05) is 34.8 Å². The van der Waals surface area contributed by atoms with Crippen LogP contribution in [0.5, 0.6) is 0 Å². The van der Waals surface area contributed by atoms with E-state index >= 15 is 0 Å². The molecule has 4 rings (SSSR count). The van der Waals surface area contributed by atoms with E-state index < -0.39 is 6.03 Å². The normalized spacial score (nSPS) is 11.1. The molecule has 34 heavy (non-hydrogen) atoms. The number of fused-ring (bicyclic) bond motifs is 1. The molecule has 0 aliphatic rings. The molecule has 11 heteroatoms. The smallest absolute Gasteiger partial charge is 0.323 e. The standard InChI is InChI=1S/C23H19Cl3N6O2/c1-11(2)32-9-16(19-21(27)28-10-29-22(19)32)20(33)12-3-4-17(26)18(5-12)31-23(34)30-15-7-13(24)6-14(25)8-15/h3-11H,1-2H3,(H2,27,28,29)(H2,30,31,34). The van der Waals surface area contributed by atoms with Crippen molar-refractivity contribution in [1.82, 2.24) is 14.5 Å². The van der Waals surface area contributed by atoms with E-state index in [9.17, 15) is 9.59 Å². The molecule has 0 aliphatic heterocycles. The molecule has 0 unspecified atom stereocenters. The summed E-state index contributed by atoms with van der Waals surface area (Å²) in [5, 5.41) is 6.74. The molecule has 0 fully saturated rings. The van der Waals surface area contributed by atoms with E-state index in [1.807, 2.05) is 18.4 Å². The Morgan fingerprint density at radius 3 is 2.38 bits per heavy atom. The number of nitrogens with zero attached hydrogens (tertiary/aromatic N) is 3. The van der Waals surface area contributed by atoms with Crippen molar-refractivity contribution < 1.29 is 9.59 Å². The Morgan fingerprint density at radius 1 is 1.00 bits per heavy atom. The Labute approximate surface area is 210 Å². The van der Waals surface area contributed by atoms with Crippen LogP contribution < -0.4 is 16.4 Å². The third-order valence-electron chi connectivity index (χ3n) is 5.04. The molecule has 0 saturated heterocycles. The van der Waals surface area contributed by atoms with Crippen LogP contribution in [0.3, 0.4) is 0 Å². The summed E-state index contributed by atoms with van der Waals surface area (Å²) in [7, 11) is 0. The summed E-state index contributed by atoms with van der Waals surface area (Å²) >= 11 is 18.2. The lowest BCUT2D eigenvalue weighted by atomic mass is 10.0. The molecule has 0 atom stereocenters. The molecule has 2 aromatic heterocycles. The number of anilines is 3. The maximum Gasteiger partial charge on any atom is 0.323 e. The van der Waals surface area contributed by atoms with Crippen LogP contribution in [0.15, 0.2) is 48.9 Å². The topological polar surface area (TPSA) is 115 Å². The number of ketones is 1. The first-order valence-corrected chi connectivity index (χ1v) is 11.3. The number of nitrogen functional groups attached to an aromatic ring is 1. The van der Waals surface area contributed by atoms with E-state index in [0.717, 1.165) is 0 Å². The number of halogens is 3. The molecule has 2 amide bonds. The van der Waals surface area contributed by atoms with Gasteiger partial charge in [-0.3, -0.25) is 4.79 Å². The van der Waals surface area contributed by atoms with Crippen LogP contribution in [0.25, 0.3) is 11.0 Å². The molecular formula is C23H19Cl3N6O2. The minimum atomic E-state index is -0.584. The van der Waals surface area contributed by atoms with Gasteiger partial charge in [0, 0.05) is 33.5 Å². The highest BCUT2D eigenvalue weighted by Gasteiger charge is 2.22. The Hall–Kier alpha value is -3.33. The molecule has 2 aromatic carbocycles. The number of rotatable bonds is 5. The molecule has 4 N–H and O–H groups in total.